The summed E-state index contributed by atoms with van der Waals surface area (Å²) in [5, 5.41) is 7.50. The van der Waals surface area contributed by atoms with Crippen LogP contribution in [0.5, 0.6) is 0 Å². The van der Waals surface area contributed by atoms with Gasteiger partial charge >= 0.3 is 6.18 Å². The minimum atomic E-state index is -4.48. The number of ether oxygens (including phenoxy) is 1. The van der Waals surface area contributed by atoms with Crippen molar-refractivity contribution in [3.05, 3.63) is 35.5 Å². The average Bonchev–Trinajstić information content (AvgIpc) is 2.85. The Labute approximate surface area is 130 Å². The predicted molar refractivity (Wildman–Crippen MR) is 75.9 cm³/mol. The summed E-state index contributed by atoms with van der Waals surface area (Å²) < 4.78 is 47.0. The fourth-order valence-corrected chi connectivity index (χ4v) is 2.81. The second-order valence-corrected chi connectivity index (χ2v) is 5.64. The van der Waals surface area contributed by atoms with Gasteiger partial charge < -0.3 is 14.2 Å². The molecule has 124 valence electrons. The van der Waals surface area contributed by atoms with E-state index < -0.39 is 17.3 Å². The molecule has 1 aliphatic rings. The van der Waals surface area contributed by atoms with Crippen molar-refractivity contribution in [1.29, 1.82) is 0 Å². The van der Waals surface area contributed by atoms with Gasteiger partial charge in [-0.25, -0.2) is 4.98 Å². The Morgan fingerprint density at radius 2 is 1.96 bits per heavy atom. The lowest BCUT2D eigenvalue weighted by Gasteiger charge is -2.49. The fraction of sp³-hybridized carbons (Fsp3) is 0.500. The van der Waals surface area contributed by atoms with E-state index in [4.69, 9.17) is 4.74 Å². The zero-order chi connectivity index (χ0) is 16.8. The van der Waals surface area contributed by atoms with Gasteiger partial charge in [-0.2, -0.15) is 18.3 Å². The molecule has 0 N–H and O–H groups in total. The molecule has 3 heterocycles. The first kappa shape index (κ1) is 15.7. The number of halogens is 3. The minimum absolute atomic E-state index is 0.176. The van der Waals surface area contributed by atoms with Crippen LogP contribution in [0.4, 0.5) is 19.0 Å². The van der Waals surface area contributed by atoms with Crippen LogP contribution in [-0.4, -0.2) is 39.9 Å². The summed E-state index contributed by atoms with van der Waals surface area (Å²) in [6, 6.07) is 1.01. The van der Waals surface area contributed by atoms with E-state index in [1.165, 1.54) is 18.9 Å². The van der Waals surface area contributed by atoms with E-state index in [9.17, 15) is 13.2 Å². The zero-order valence-electron chi connectivity index (χ0n) is 12.9. The van der Waals surface area contributed by atoms with Crippen LogP contribution in [0.3, 0.4) is 0 Å². The molecular formula is C14H16F3N5O. The van der Waals surface area contributed by atoms with Crippen molar-refractivity contribution in [1.82, 2.24) is 19.7 Å². The van der Waals surface area contributed by atoms with Crippen LogP contribution in [-0.2, 0) is 23.6 Å². The molecular weight excluding hydrogens is 311 g/mol. The molecule has 0 bridgehead atoms. The van der Waals surface area contributed by atoms with Gasteiger partial charge in [-0.05, 0) is 13.0 Å². The quantitative estimate of drug-likeness (QED) is 0.862. The van der Waals surface area contributed by atoms with E-state index in [0.717, 1.165) is 6.07 Å². The number of aryl methyl sites for hydroxylation is 2. The first-order chi connectivity index (χ1) is 10.8. The molecule has 0 atom stereocenters. The van der Waals surface area contributed by atoms with Gasteiger partial charge in [-0.15, -0.1) is 5.10 Å². The van der Waals surface area contributed by atoms with E-state index in [1.54, 1.807) is 17.0 Å². The van der Waals surface area contributed by atoms with Crippen molar-refractivity contribution in [3.8, 4) is 0 Å². The van der Waals surface area contributed by atoms with Crippen LogP contribution >= 0.6 is 0 Å². The van der Waals surface area contributed by atoms with Crippen molar-refractivity contribution < 1.29 is 17.9 Å². The predicted octanol–water partition coefficient (Wildman–Crippen LogP) is 1.90. The van der Waals surface area contributed by atoms with Gasteiger partial charge in [-0.3, -0.25) is 0 Å². The van der Waals surface area contributed by atoms with Crippen LogP contribution < -0.4 is 4.90 Å². The van der Waals surface area contributed by atoms with Crippen LogP contribution in [0.15, 0.2) is 18.5 Å². The fourth-order valence-electron chi connectivity index (χ4n) is 2.81. The molecule has 2 aromatic heterocycles. The lowest BCUT2D eigenvalue weighted by Crippen LogP contribution is -2.62. The van der Waals surface area contributed by atoms with Crippen LogP contribution in [0.25, 0.3) is 0 Å². The summed E-state index contributed by atoms with van der Waals surface area (Å²) in [5.74, 6) is 0.495. The van der Waals surface area contributed by atoms with Crippen molar-refractivity contribution in [2.75, 3.05) is 25.1 Å². The third kappa shape index (κ3) is 2.54. The molecule has 0 spiro atoms. The Morgan fingerprint density at radius 1 is 1.26 bits per heavy atom. The Bertz CT molecular complexity index is 721. The van der Waals surface area contributed by atoms with Gasteiger partial charge in [0.1, 0.15) is 11.4 Å². The summed E-state index contributed by atoms with van der Waals surface area (Å²) in [6.07, 6.45) is -1.08. The number of aromatic nitrogens is 4. The molecule has 1 fully saturated rings. The number of nitrogens with zero attached hydrogens (tertiary/aromatic N) is 5. The Kier molecular flexibility index (Phi) is 3.55. The highest BCUT2D eigenvalue weighted by molar-refractivity contribution is 5.52. The Hall–Kier alpha value is -2.16. The highest BCUT2D eigenvalue weighted by Gasteiger charge is 2.50. The third-order valence-corrected chi connectivity index (χ3v) is 4.01. The second-order valence-electron chi connectivity index (χ2n) is 5.64. The molecule has 0 aliphatic carbocycles. The zero-order valence-corrected chi connectivity index (χ0v) is 12.9. The van der Waals surface area contributed by atoms with E-state index in [1.807, 2.05) is 7.05 Å². The van der Waals surface area contributed by atoms with Crippen molar-refractivity contribution in [2.45, 2.75) is 18.7 Å². The maximum absolute atomic E-state index is 13.2. The van der Waals surface area contributed by atoms with Gasteiger partial charge in [0.25, 0.3) is 0 Å². The van der Waals surface area contributed by atoms with Gasteiger partial charge in [0.05, 0.1) is 18.8 Å². The lowest BCUT2D eigenvalue weighted by molar-refractivity contribution is -0.138. The van der Waals surface area contributed by atoms with E-state index >= 15 is 0 Å². The summed E-state index contributed by atoms with van der Waals surface area (Å²) in [7, 11) is 3.34. The third-order valence-electron chi connectivity index (χ3n) is 4.01. The monoisotopic (exact) mass is 327 g/mol. The van der Waals surface area contributed by atoms with Gasteiger partial charge in [-0.1, -0.05) is 0 Å². The van der Waals surface area contributed by atoms with Gasteiger partial charge in [0, 0.05) is 26.6 Å². The second kappa shape index (κ2) is 5.19. The number of imidazole rings is 1. The molecule has 9 heteroatoms. The maximum Gasteiger partial charge on any atom is 0.420 e. The highest BCUT2D eigenvalue weighted by atomic mass is 19.4. The summed E-state index contributed by atoms with van der Waals surface area (Å²) >= 11 is 0. The average molecular weight is 327 g/mol. The SMILES string of the molecule is COC1(c2nccn2C)CN(c2nnc(C)cc2C(F)(F)F)C1. The molecule has 1 aliphatic heterocycles. The molecule has 0 saturated carbocycles. The molecule has 0 unspecified atom stereocenters. The number of rotatable bonds is 3. The van der Waals surface area contributed by atoms with E-state index in [2.05, 4.69) is 15.2 Å². The van der Waals surface area contributed by atoms with Crippen molar-refractivity contribution in [3.63, 3.8) is 0 Å². The Balaban J connectivity index is 1.91. The van der Waals surface area contributed by atoms with Crippen LogP contribution in [0.1, 0.15) is 17.1 Å². The number of hydrogen-bond donors (Lipinski definition) is 0. The van der Waals surface area contributed by atoms with E-state index in [-0.39, 0.29) is 24.6 Å². The highest BCUT2D eigenvalue weighted by Crippen LogP contribution is 2.41. The molecule has 2 aromatic rings. The molecule has 6 nitrogen and oxygen atoms in total. The van der Waals surface area contributed by atoms with Crippen molar-refractivity contribution >= 4 is 5.82 Å². The normalized spacial score (nSPS) is 17.2. The van der Waals surface area contributed by atoms with Crippen molar-refractivity contribution in [2.24, 2.45) is 7.05 Å². The maximum atomic E-state index is 13.2. The topological polar surface area (TPSA) is 56.1 Å². The molecule has 0 aromatic carbocycles. The number of methoxy groups -OCH3 is 1. The first-order valence-corrected chi connectivity index (χ1v) is 6.96. The molecule has 1 saturated heterocycles. The van der Waals surface area contributed by atoms with Crippen LogP contribution in [0, 0.1) is 6.92 Å². The first-order valence-electron chi connectivity index (χ1n) is 6.96. The number of hydrogen-bond acceptors (Lipinski definition) is 5. The lowest BCUT2D eigenvalue weighted by atomic mass is 9.92. The number of alkyl halides is 3. The standard InChI is InChI=1S/C14H16F3N5O/c1-9-6-10(14(15,16)17)11(20-19-9)22-7-13(8-22,23-3)12-18-4-5-21(12)2/h4-6H,7-8H2,1-3H3. The van der Waals surface area contributed by atoms with Gasteiger partial charge in [0.2, 0.25) is 0 Å². The summed E-state index contributed by atoms with van der Waals surface area (Å²) in [6.45, 7) is 1.94. The smallest absolute Gasteiger partial charge is 0.367 e. The van der Waals surface area contributed by atoms with Crippen LogP contribution in [0.2, 0.25) is 0 Å². The van der Waals surface area contributed by atoms with E-state index in [0.29, 0.717) is 5.82 Å². The molecule has 23 heavy (non-hydrogen) atoms. The molecule has 0 amide bonds. The summed E-state index contributed by atoms with van der Waals surface area (Å²) in [4.78, 5) is 5.75. The summed E-state index contributed by atoms with van der Waals surface area (Å²) in [5.41, 5.74) is -1.30. The van der Waals surface area contributed by atoms with Gasteiger partial charge in [0.15, 0.2) is 11.4 Å². The largest absolute Gasteiger partial charge is 0.420 e. The Morgan fingerprint density at radius 3 is 2.48 bits per heavy atom. The minimum Gasteiger partial charge on any atom is -0.367 e. The number of anilines is 1. The molecule has 3 rings (SSSR count). The molecule has 0 radical (unpaired) electrons.